The third kappa shape index (κ3) is 3.92. The fourth-order valence-electron chi connectivity index (χ4n) is 2.34. The lowest BCUT2D eigenvalue weighted by Gasteiger charge is -2.18. The molecule has 0 spiro atoms. The van der Waals surface area contributed by atoms with E-state index in [-0.39, 0.29) is 24.3 Å². The van der Waals surface area contributed by atoms with Gasteiger partial charge in [0, 0.05) is 29.2 Å². The van der Waals surface area contributed by atoms with Crippen LogP contribution < -0.4 is 5.73 Å². The molecule has 2 nitrogen and oxygen atoms in total. The topological polar surface area (TPSA) is 29.3 Å². The van der Waals surface area contributed by atoms with Crippen molar-refractivity contribution in [2.24, 2.45) is 11.7 Å². The summed E-state index contributed by atoms with van der Waals surface area (Å²) >= 11 is 3.38. The van der Waals surface area contributed by atoms with Crippen LogP contribution in [0.4, 0.5) is 4.39 Å². The van der Waals surface area contributed by atoms with Gasteiger partial charge in [0.2, 0.25) is 0 Å². The molecule has 1 heterocycles. The summed E-state index contributed by atoms with van der Waals surface area (Å²) in [7, 11) is 0. The number of hydrogen-bond acceptors (Lipinski definition) is 2. The Hall–Kier alpha value is -0.160. The predicted octanol–water partition coefficient (Wildman–Crippen LogP) is 3.18. The molecule has 1 aromatic rings. The van der Waals surface area contributed by atoms with Crippen LogP contribution in [0, 0.1) is 11.7 Å². The van der Waals surface area contributed by atoms with E-state index < -0.39 is 0 Å². The monoisotopic (exact) mass is 336 g/mol. The summed E-state index contributed by atoms with van der Waals surface area (Å²) < 4.78 is 14.5. The van der Waals surface area contributed by atoms with E-state index in [1.165, 1.54) is 6.07 Å². The first-order valence-corrected chi connectivity index (χ1v) is 6.77. The van der Waals surface area contributed by atoms with Gasteiger partial charge in [0.05, 0.1) is 0 Å². The Labute approximate surface area is 122 Å². The van der Waals surface area contributed by atoms with Crippen LogP contribution in [0.3, 0.4) is 0 Å². The number of likely N-dealkylation sites (tertiary alicyclic amines) is 1. The summed E-state index contributed by atoms with van der Waals surface area (Å²) in [4.78, 5) is 2.28. The maximum atomic E-state index is 13.6. The van der Waals surface area contributed by atoms with Gasteiger partial charge in [0.25, 0.3) is 0 Å². The summed E-state index contributed by atoms with van der Waals surface area (Å²) in [5, 5.41) is 0. The molecule has 2 N–H and O–H groups in total. The van der Waals surface area contributed by atoms with Crippen molar-refractivity contribution in [3.05, 3.63) is 34.1 Å². The van der Waals surface area contributed by atoms with Crippen molar-refractivity contribution in [2.75, 3.05) is 13.1 Å². The summed E-state index contributed by atoms with van der Waals surface area (Å²) in [5.74, 6) is 0.419. The van der Waals surface area contributed by atoms with Crippen molar-refractivity contribution in [1.29, 1.82) is 0 Å². The van der Waals surface area contributed by atoms with Gasteiger partial charge in [-0.15, -0.1) is 12.4 Å². The van der Waals surface area contributed by atoms with Crippen LogP contribution in [-0.2, 0) is 6.54 Å². The van der Waals surface area contributed by atoms with E-state index in [9.17, 15) is 4.39 Å². The minimum absolute atomic E-state index is 0. The minimum atomic E-state index is -0.127. The second-order valence-electron chi connectivity index (χ2n) is 4.88. The van der Waals surface area contributed by atoms with Crippen LogP contribution in [0.1, 0.15) is 18.9 Å². The molecule has 0 amide bonds. The highest BCUT2D eigenvalue weighted by Crippen LogP contribution is 2.23. The summed E-state index contributed by atoms with van der Waals surface area (Å²) in [6, 6.07) is 5.33. The van der Waals surface area contributed by atoms with Gasteiger partial charge in [0.1, 0.15) is 5.82 Å². The lowest BCUT2D eigenvalue weighted by Crippen LogP contribution is -2.29. The van der Waals surface area contributed by atoms with Crippen molar-refractivity contribution < 1.29 is 4.39 Å². The van der Waals surface area contributed by atoms with Crippen molar-refractivity contribution in [3.63, 3.8) is 0 Å². The smallest absolute Gasteiger partial charge is 0.127 e. The van der Waals surface area contributed by atoms with Crippen LogP contribution in [0.25, 0.3) is 0 Å². The van der Waals surface area contributed by atoms with E-state index in [0.717, 1.165) is 29.5 Å². The molecule has 2 atom stereocenters. The van der Waals surface area contributed by atoms with Gasteiger partial charge in [-0.05, 0) is 44.0 Å². The molecule has 0 saturated carbocycles. The van der Waals surface area contributed by atoms with E-state index >= 15 is 0 Å². The van der Waals surface area contributed by atoms with Gasteiger partial charge in [0.15, 0.2) is 0 Å². The standard InChI is InChI=1S/C13H18BrFN2.ClH/c1-9(16)10-4-5-17(7-10)8-11-6-12(14)2-3-13(11)15;/h2-3,6,9-10H,4-5,7-8,16H2,1H3;1H. The average Bonchev–Trinajstić information content (AvgIpc) is 2.72. The Morgan fingerprint density at radius 3 is 2.89 bits per heavy atom. The minimum Gasteiger partial charge on any atom is -0.328 e. The van der Waals surface area contributed by atoms with E-state index in [4.69, 9.17) is 5.73 Å². The average molecular weight is 338 g/mol. The van der Waals surface area contributed by atoms with Gasteiger partial charge in [-0.1, -0.05) is 15.9 Å². The van der Waals surface area contributed by atoms with Crippen molar-refractivity contribution >= 4 is 28.3 Å². The lowest BCUT2D eigenvalue weighted by molar-refractivity contribution is 0.304. The molecule has 1 saturated heterocycles. The number of hydrogen-bond donors (Lipinski definition) is 1. The van der Waals surface area contributed by atoms with E-state index in [1.54, 1.807) is 6.07 Å². The molecule has 18 heavy (non-hydrogen) atoms. The second kappa shape index (κ2) is 6.85. The zero-order valence-corrected chi connectivity index (χ0v) is 12.8. The predicted molar refractivity (Wildman–Crippen MR) is 78.4 cm³/mol. The Bertz CT molecular complexity index is 401. The quantitative estimate of drug-likeness (QED) is 0.918. The highest BCUT2D eigenvalue weighted by atomic mass is 79.9. The molecule has 1 fully saturated rings. The Balaban J connectivity index is 0.00000162. The lowest BCUT2D eigenvalue weighted by atomic mass is 10.0. The summed E-state index contributed by atoms with van der Waals surface area (Å²) in [6.45, 7) is 4.71. The van der Waals surface area contributed by atoms with Gasteiger partial charge in [-0.3, -0.25) is 4.90 Å². The van der Waals surface area contributed by atoms with E-state index in [2.05, 4.69) is 20.8 Å². The van der Waals surface area contributed by atoms with Crippen molar-refractivity contribution in [2.45, 2.75) is 25.9 Å². The SMILES string of the molecule is CC(N)C1CCN(Cc2cc(Br)ccc2F)C1.Cl. The number of halogens is 3. The molecule has 0 aliphatic carbocycles. The third-order valence-electron chi connectivity index (χ3n) is 3.45. The maximum Gasteiger partial charge on any atom is 0.127 e. The van der Waals surface area contributed by atoms with Gasteiger partial charge >= 0.3 is 0 Å². The molecule has 2 rings (SSSR count). The molecule has 2 unspecified atom stereocenters. The first kappa shape index (κ1) is 15.9. The highest BCUT2D eigenvalue weighted by Gasteiger charge is 2.25. The molecular weight excluding hydrogens is 319 g/mol. The zero-order valence-electron chi connectivity index (χ0n) is 10.4. The van der Waals surface area contributed by atoms with Gasteiger partial charge in [-0.25, -0.2) is 4.39 Å². The fraction of sp³-hybridized carbons (Fsp3) is 0.538. The Morgan fingerprint density at radius 1 is 1.56 bits per heavy atom. The molecule has 0 aromatic heterocycles. The number of nitrogens with two attached hydrogens (primary N) is 1. The molecule has 1 aromatic carbocycles. The molecule has 1 aliphatic rings. The Kier molecular flexibility index (Phi) is 6.05. The van der Waals surface area contributed by atoms with Crippen molar-refractivity contribution in [3.8, 4) is 0 Å². The number of nitrogens with zero attached hydrogens (tertiary/aromatic N) is 1. The second-order valence-corrected chi connectivity index (χ2v) is 5.79. The Morgan fingerprint density at radius 2 is 2.28 bits per heavy atom. The van der Waals surface area contributed by atoms with Crippen LogP contribution in [-0.4, -0.2) is 24.0 Å². The van der Waals surface area contributed by atoms with E-state index in [1.807, 2.05) is 13.0 Å². The molecule has 0 bridgehead atoms. The van der Waals surface area contributed by atoms with Crippen LogP contribution >= 0.6 is 28.3 Å². The summed E-state index contributed by atoms with van der Waals surface area (Å²) in [5.41, 5.74) is 6.65. The number of rotatable bonds is 3. The molecule has 102 valence electrons. The van der Waals surface area contributed by atoms with Gasteiger partial charge in [-0.2, -0.15) is 0 Å². The first-order chi connectivity index (χ1) is 8.06. The van der Waals surface area contributed by atoms with Crippen LogP contribution in [0.15, 0.2) is 22.7 Å². The third-order valence-corrected chi connectivity index (χ3v) is 3.95. The molecule has 1 aliphatic heterocycles. The van der Waals surface area contributed by atoms with Crippen LogP contribution in [0.5, 0.6) is 0 Å². The highest BCUT2D eigenvalue weighted by molar-refractivity contribution is 9.10. The van der Waals surface area contributed by atoms with Crippen LogP contribution in [0.2, 0.25) is 0 Å². The first-order valence-electron chi connectivity index (χ1n) is 5.98. The zero-order chi connectivity index (χ0) is 12.4. The molecule has 0 radical (unpaired) electrons. The van der Waals surface area contributed by atoms with E-state index in [0.29, 0.717) is 12.5 Å². The maximum absolute atomic E-state index is 13.6. The normalized spacial score (nSPS) is 21.7. The molecule has 5 heteroatoms. The largest absolute Gasteiger partial charge is 0.328 e. The van der Waals surface area contributed by atoms with Crippen molar-refractivity contribution in [1.82, 2.24) is 4.90 Å². The number of benzene rings is 1. The summed E-state index contributed by atoms with van der Waals surface area (Å²) in [6.07, 6.45) is 1.12. The fourth-order valence-corrected chi connectivity index (χ4v) is 2.75. The van der Waals surface area contributed by atoms with Gasteiger partial charge < -0.3 is 5.73 Å². The molecular formula is C13H19BrClFN2.